The van der Waals surface area contributed by atoms with Crippen molar-refractivity contribution in [1.82, 2.24) is 10.2 Å². The van der Waals surface area contributed by atoms with E-state index >= 15 is 0 Å². The maximum absolute atomic E-state index is 8.39. The van der Waals surface area contributed by atoms with E-state index in [2.05, 4.69) is 63.9 Å². The van der Waals surface area contributed by atoms with Crippen LogP contribution in [0.4, 0.5) is 0 Å². The predicted octanol–water partition coefficient (Wildman–Crippen LogP) is 7.37. The highest BCUT2D eigenvalue weighted by Gasteiger charge is 2.17. The molecule has 0 bridgehead atoms. The molecule has 184 valence electrons. The second kappa shape index (κ2) is 9.53. The highest BCUT2D eigenvalue weighted by molar-refractivity contribution is 6.05. The summed E-state index contributed by atoms with van der Waals surface area (Å²) in [7, 11) is 0. The third kappa shape index (κ3) is 5.60. The first-order chi connectivity index (χ1) is 16.9. The molecule has 1 aromatic heterocycles. The SMILES string of the molecule is CC(C)(C)c1ccc(C(=N)OC(=N)c2cccc(-c3nnc(-c4ccc(C(C)(C)C)cc4)o3)c2)cc1. The van der Waals surface area contributed by atoms with Gasteiger partial charge in [0.1, 0.15) is 0 Å². The first-order valence-electron chi connectivity index (χ1n) is 11.9. The molecule has 4 rings (SSSR count). The molecule has 0 radical (unpaired) electrons. The maximum Gasteiger partial charge on any atom is 0.248 e. The lowest BCUT2D eigenvalue weighted by Gasteiger charge is -2.19. The summed E-state index contributed by atoms with van der Waals surface area (Å²) in [6.07, 6.45) is 0. The Morgan fingerprint density at radius 2 is 1.14 bits per heavy atom. The van der Waals surface area contributed by atoms with Crippen molar-refractivity contribution >= 4 is 11.8 Å². The van der Waals surface area contributed by atoms with Crippen LogP contribution in [-0.4, -0.2) is 22.0 Å². The van der Waals surface area contributed by atoms with Gasteiger partial charge in [0.15, 0.2) is 0 Å². The third-order valence-electron chi connectivity index (χ3n) is 6.01. The average molecular weight is 481 g/mol. The molecule has 0 aliphatic carbocycles. The molecule has 0 unspecified atom stereocenters. The van der Waals surface area contributed by atoms with Gasteiger partial charge in [-0.25, -0.2) is 0 Å². The van der Waals surface area contributed by atoms with Crippen LogP contribution in [-0.2, 0) is 15.6 Å². The van der Waals surface area contributed by atoms with Crippen LogP contribution in [0.5, 0.6) is 0 Å². The fourth-order valence-corrected chi connectivity index (χ4v) is 3.70. The van der Waals surface area contributed by atoms with Crippen molar-refractivity contribution in [2.45, 2.75) is 52.4 Å². The molecule has 0 spiro atoms. The Bertz CT molecular complexity index is 1390. The lowest BCUT2D eigenvalue weighted by atomic mass is 9.87. The summed E-state index contributed by atoms with van der Waals surface area (Å²) in [4.78, 5) is 0. The van der Waals surface area contributed by atoms with Crippen LogP contribution in [0.2, 0.25) is 0 Å². The molecule has 0 amide bonds. The molecular formula is C30H32N4O2. The highest BCUT2D eigenvalue weighted by Crippen LogP contribution is 2.28. The van der Waals surface area contributed by atoms with E-state index < -0.39 is 0 Å². The fourth-order valence-electron chi connectivity index (χ4n) is 3.70. The van der Waals surface area contributed by atoms with E-state index in [4.69, 9.17) is 20.0 Å². The van der Waals surface area contributed by atoms with E-state index in [0.29, 0.717) is 28.5 Å². The quantitative estimate of drug-likeness (QED) is 0.235. The number of hydrogen-bond donors (Lipinski definition) is 2. The molecule has 6 nitrogen and oxygen atoms in total. The Hall–Kier alpha value is -4.06. The van der Waals surface area contributed by atoms with E-state index in [1.807, 2.05) is 42.5 Å². The van der Waals surface area contributed by atoms with Crippen molar-refractivity contribution in [3.63, 3.8) is 0 Å². The summed E-state index contributed by atoms with van der Waals surface area (Å²) in [5, 5.41) is 25.1. The van der Waals surface area contributed by atoms with Crippen LogP contribution >= 0.6 is 0 Å². The molecule has 0 aliphatic heterocycles. The zero-order chi connectivity index (χ0) is 26.1. The zero-order valence-electron chi connectivity index (χ0n) is 21.6. The fraction of sp³-hybridized carbons (Fsp3) is 0.267. The molecular weight excluding hydrogens is 448 g/mol. The van der Waals surface area contributed by atoms with Gasteiger partial charge in [-0.2, -0.15) is 0 Å². The van der Waals surface area contributed by atoms with Crippen molar-refractivity contribution in [2.24, 2.45) is 0 Å². The Morgan fingerprint density at radius 1 is 0.639 bits per heavy atom. The summed E-state index contributed by atoms with van der Waals surface area (Å²) < 4.78 is 11.5. The van der Waals surface area contributed by atoms with Crippen molar-refractivity contribution in [1.29, 1.82) is 10.8 Å². The molecule has 0 aliphatic rings. The Morgan fingerprint density at radius 3 is 1.69 bits per heavy atom. The van der Waals surface area contributed by atoms with Gasteiger partial charge in [0.05, 0.1) is 0 Å². The molecule has 4 aromatic rings. The maximum atomic E-state index is 8.39. The summed E-state index contributed by atoms with van der Waals surface area (Å²) in [6, 6.07) is 22.9. The number of hydrogen-bond acceptors (Lipinski definition) is 6. The van der Waals surface area contributed by atoms with E-state index in [0.717, 1.165) is 5.56 Å². The Kier molecular flexibility index (Phi) is 6.63. The number of ether oxygens (including phenoxy) is 1. The second-order valence-corrected chi connectivity index (χ2v) is 10.9. The number of nitrogens with one attached hydrogen (secondary N) is 2. The molecule has 0 saturated heterocycles. The highest BCUT2D eigenvalue weighted by atomic mass is 16.5. The molecule has 3 aromatic carbocycles. The topological polar surface area (TPSA) is 95.8 Å². The molecule has 1 heterocycles. The van der Waals surface area contributed by atoms with Crippen LogP contribution in [0.3, 0.4) is 0 Å². The lowest BCUT2D eigenvalue weighted by molar-refractivity contribution is 0.537. The van der Waals surface area contributed by atoms with Gasteiger partial charge in [-0.15, -0.1) is 10.2 Å². The van der Waals surface area contributed by atoms with Gasteiger partial charge in [-0.3, -0.25) is 10.8 Å². The monoisotopic (exact) mass is 480 g/mol. The molecule has 0 saturated carbocycles. The van der Waals surface area contributed by atoms with Crippen molar-refractivity contribution in [3.8, 4) is 22.9 Å². The van der Waals surface area contributed by atoms with Crippen LogP contribution in [0, 0.1) is 10.8 Å². The second-order valence-electron chi connectivity index (χ2n) is 10.9. The number of benzene rings is 3. The number of aromatic nitrogens is 2. The third-order valence-corrected chi connectivity index (χ3v) is 6.01. The zero-order valence-corrected chi connectivity index (χ0v) is 21.6. The molecule has 2 N–H and O–H groups in total. The summed E-state index contributed by atoms with van der Waals surface area (Å²) in [5.41, 5.74) is 5.14. The first-order valence-corrected chi connectivity index (χ1v) is 11.9. The van der Waals surface area contributed by atoms with Gasteiger partial charge in [0.2, 0.25) is 23.6 Å². The Balaban J connectivity index is 1.48. The van der Waals surface area contributed by atoms with Gasteiger partial charge < -0.3 is 9.15 Å². The largest absolute Gasteiger partial charge is 0.421 e. The van der Waals surface area contributed by atoms with Gasteiger partial charge in [-0.1, -0.05) is 71.9 Å². The molecule has 0 atom stereocenters. The first kappa shape index (κ1) is 25.0. The predicted molar refractivity (Wildman–Crippen MR) is 144 cm³/mol. The van der Waals surface area contributed by atoms with Crippen molar-refractivity contribution in [2.75, 3.05) is 0 Å². The summed E-state index contributed by atoms with van der Waals surface area (Å²) in [6.45, 7) is 12.9. The number of nitrogens with zero attached hydrogens (tertiary/aromatic N) is 2. The smallest absolute Gasteiger partial charge is 0.248 e. The van der Waals surface area contributed by atoms with Crippen LogP contribution < -0.4 is 0 Å². The van der Waals surface area contributed by atoms with Crippen LogP contribution in [0.25, 0.3) is 22.9 Å². The number of rotatable bonds is 4. The van der Waals surface area contributed by atoms with E-state index in [1.54, 1.807) is 18.2 Å². The molecule has 6 heteroatoms. The van der Waals surface area contributed by atoms with E-state index in [1.165, 1.54) is 11.1 Å². The van der Waals surface area contributed by atoms with Crippen molar-refractivity contribution in [3.05, 3.63) is 95.1 Å². The Labute approximate surface area is 212 Å². The van der Waals surface area contributed by atoms with Crippen molar-refractivity contribution < 1.29 is 9.15 Å². The van der Waals surface area contributed by atoms with Gasteiger partial charge in [-0.05, 0) is 64.4 Å². The summed E-state index contributed by atoms with van der Waals surface area (Å²) >= 11 is 0. The minimum Gasteiger partial charge on any atom is -0.421 e. The van der Waals surface area contributed by atoms with Gasteiger partial charge in [0.25, 0.3) is 0 Å². The normalized spacial score (nSPS) is 11.8. The molecule has 36 heavy (non-hydrogen) atoms. The molecule has 0 fully saturated rings. The lowest BCUT2D eigenvalue weighted by Crippen LogP contribution is -2.14. The minimum absolute atomic E-state index is 0.0270. The van der Waals surface area contributed by atoms with Crippen LogP contribution in [0.1, 0.15) is 63.8 Å². The summed E-state index contributed by atoms with van der Waals surface area (Å²) in [5.74, 6) is 0.582. The standard InChI is InChI=1S/C30H32N4O2/c1-29(2,3)23-14-10-19(11-15-23)25(31)35-26(32)21-8-7-9-22(18-21)28-34-33-27(36-28)20-12-16-24(17-13-20)30(4,5)6/h7-18,31-32H,1-6H3. The van der Waals surface area contributed by atoms with Crippen LogP contribution in [0.15, 0.2) is 77.2 Å². The van der Waals surface area contributed by atoms with E-state index in [-0.39, 0.29) is 22.6 Å². The van der Waals surface area contributed by atoms with E-state index in [9.17, 15) is 0 Å². The minimum atomic E-state index is -0.126. The van der Waals surface area contributed by atoms with Gasteiger partial charge >= 0.3 is 0 Å². The average Bonchev–Trinajstić information content (AvgIpc) is 3.34. The van der Waals surface area contributed by atoms with Gasteiger partial charge in [0, 0.05) is 22.3 Å².